The molecular formula is C12H24N6. The van der Waals surface area contributed by atoms with Crippen LogP contribution in [0.4, 0.5) is 0 Å². The fourth-order valence-electron chi connectivity index (χ4n) is 2.37. The van der Waals surface area contributed by atoms with Gasteiger partial charge in [0.1, 0.15) is 0 Å². The van der Waals surface area contributed by atoms with Gasteiger partial charge in [-0.05, 0) is 42.7 Å². The van der Waals surface area contributed by atoms with Crippen LogP contribution in [0.2, 0.25) is 0 Å². The molecule has 0 saturated heterocycles. The molecule has 0 amide bonds. The van der Waals surface area contributed by atoms with Gasteiger partial charge in [0.05, 0.1) is 6.54 Å². The third kappa shape index (κ3) is 3.26. The maximum Gasteiger partial charge on any atom is 0.165 e. The van der Waals surface area contributed by atoms with E-state index in [-0.39, 0.29) is 0 Å². The Morgan fingerprint density at radius 2 is 2.28 bits per heavy atom. The quantitative estimate of drug-likeness (QED) is 0.735. The fraction of sp³-hybridized carbons (Fsp3) is 0.917. The normalized spacial score (nSPS) is 17.3. The summed E-state index contributed by atoms with van der Waals surface area (Å²) in [7, 11) is 2.12. The number of nitrogens with two attached hydrogens (primary N) is 1. The summed E-state index contributed by atoms with van der Waals surface area (Å²) >= 11 is 0. The number of unbranched alkanes of at least 4 members (excludes halogenated alkanes) is 1. The molecule has 6 heteroatoms. The van der Waals surface area contributed by atoms with Crippen LogP contribution in [0.15, 0.2) is 0 Å². The Hall–Kier alpha value is -1.01. The minimum atomic E-state index is 0.473. The molecule has 1 aromatic rings. The Morgan fingerprint density at radius 3 is 2.89 bits per heavy atom. The van der Waals surface area contributed by atoms with Crippen molar-refractivity contribution in [3.05, 3.63) is 5.82 Å². The first-order valence-corrected chi connectivity index (χ1v) is 6.91. The summed E-state index contributed by atoms with van der Waals surface area (Å²) in [6.07, 6.45) is 4.90. The monoisotopic (exact) mass is 252 g/mol. The summed E-state index contributed by atoms with van der Waals surface area (Å²) in [5, 5.41) is 12.0. The third-order valence-electron chi connectivity index (χ3n) is 3.69. The molecular weight excluding hydrogens is 228 g/mol. The molecule has 1 atom stereocenters. The molecule has 1 aliphatic rings. The number of hydrogen-bond acceptors (Lipinski definition) is 5. The largest absolute Gasteiger partial charge is 0.329 e. The number of aromatic nitrogens is 4. The van der Waals surface area contributed by atoms with E-state index < -0.39 is 0 Å². The average Bonchev–Trinajstić information content (AvgIpc) is 3.09. The van der Waals surface area contributed by atoms with Crippen LogP contribution in [0.1, 0.15) is 38.4 Å². The summed E-state index contributed by atoms with van der Waals surface area (Å²) in [6, 6.07) is 0.473. The van der Waals surface area contributed by atoms with Gasteiger partial charge in [-0.1, -0.05) is 13.3 Å². The molecule has 0 radical (unpaired) electrons. The van der Waals surface area contributed by atoms with Crippen molar-refractivity contribution < 1.29 is 0 Å². The topological polar surface area (TPSA) is 72.9 Å². The number of nitrogens with zero attached hydrogens (tertiary/aromatic N) is 5. The van der Waals surface area contributed by atoms with Crippen LogP contribution in [0, 0.1) is 5.92 Å². The van der Waals surface area contributed by atoms with Gasteiger partial charge in [-0.2, -0.15) is 0 Å². The van der Waals surface area contributed by atoms with Crippen molar-refractivity contribution in [1.82, 2.24) is 25.1 Å². The smallest absolute Gasteiger partial charge is 0.165 e. The van der Waals surface area contributed by atoms with Crippen LogP contribution in [0.3, 0.4) is 0 Å². The molecule has 0 spiro atoms. The van der Waals surface area contributed by atoms with Crippen molar-refractivity contribution in [2.75, 3.05) is 13.6 Å². The molecule has 102 valence electrons. The lowest BCUT2D eigenvalue weighted by atomic mass is 10.1. The van der Waals surface area contributed by atoms with E-state index in [1.54, 1.807) is 0 Å². The molecule has 18 heavy (non-hydrogen) atoms. The molecule has 1 unspecified atom stereocenters. The van der Waals surface area contributed by atoms with Crippen molar-refractivity contribution in [2.45, 2.75) is 51.7 Å². The molecule has 0 bridgehead atoms. The predicted molar refractivity (Wildman–Crippen MR) is 69.8 cm³/mol. The molecule has 6 nitrogen and oxygen atoms in total. The van der Waals surface area contributed by atoms with E-state index in [9.17, 15) is 0 Å². The van der Waals surface area contributed by atoms with Gasteiger partial charge in [-0.15, -0.1) is 5.10 Å². The van der Waals surface area contributed by atoms with Gasteiger partial charge in [-0.25, -0.2) is 4.68 Å². The first kappa shape index (κ1) is 13.4. The Labute approximate surface area is 109 Å². The summed E-state index contributed by atoms with van der Waals surface area (Å²) < 4.78 is 1.92. The van der Waals surface area contributed by atoms with E-state index >= 15 is 0 Å². The van der Waals surface area contributed by atoms with Gasteiger partial charge in [0.2, 0.25) is 0 Å². The second-order valence-corrected chi connectivity index (χ2v) is 5.23. The number of tetrazole rings is 1. The lowest BCUT2D eigenvalue weighted by Crippen LogP contribution is -2.39. The minimum Gasteiger partial charge on any atom is -0.329 e. The highest BCUT2D eigenvalue weighted by molar-refractivity contribution is 4.90. The van der Waals surface area contributed by atoms with E-state index in [1.807, 2.05) is 4.68 Å². The van der Waals surface area contributed by atoms with E-state index in [4.69, 9.17) is 5.73 Å². The molecule has 1 fully saturated rings. The first-order valence-electron chi connectivity index (χ1n) is 6.91. The van der Waals surface area contributed by atoms with E-state index in [0.717, 1.165) is 44.2 Å². The van der Waals surface area contributed by atoms with Crippen molar-refractivity contribution in [1.29, 1.82) is 0 Å². The molecule has 1 saturated carbocycles. The Balaban J connectivity index is 1.93. The fourth-order valence-corrected chi connectivity index (χ4v) is 2.37. The SMILES string of the molecule is CCCCn1nnnc1CN(C)C(CN)C1CC1. The molecule has 0 aromatic carbocycles. The minimum absolute atomic E-state index is 0.473. The average molecular weight is 252 g/mol. The molecule has 1 aliphatic carbocycles. The highest BCUT2D eigenvalue weighted by Gasteiger charge is 2.33. The maximum atomic E-state index is 5.86. The van der Waals surface area contributed by atoms with Crippen LogP contribution in [-0.2, 0) is 13.1 Å². The second kappa shape index (κ2) is 6.24. The zero-order valence-corrected chi connectivity index (χ0v) is 11.4. The standard InChI is InChI=1S/C12H24N6/c1-3-4-7-18-12(14-15-16-18)9-17(2)11(8-13)10-5-6-10/h10-11H,3-9,13H2,1-2H3. The zero-order chi connectivity index (χ0) is 13.0. The summed E-state index contributed by atoms with van der Waals surface area (Å²) in [5.74, 6) is 1.73. The van der Waals surface area contributed by atoms with Gasteiger partial charge in [0.15, 0.2) is 5.82 Å². The Morgan fingerprint density at radius 1 is 1.50 bits per heavy atom. The van der Waals surface area contributed by atoms with Gasteiger partial charge >= 0.3 is 0 Å². The van der Waals surface area contributed by atoms with Crippen molar-refractivity contribution >= 4 is 0 Å². The van der Waals surface area contributed by atoms with Gasteiger partial charge < -0.3 is 5.73 Å². The summed E-state index contributed by atoms with van der Waals surface area (Å²) in [6.45, 7) is 4.59. The van der Waals surface area contributed by atoms with Crippen LogP contribution in [0.25, 0.3) is 0 Å². The number of likely N-dealkylation sites (N-methyl/N-ethyl adjacent to an activating group) is 1. The van der Waals surface area contributed by atoms with Crippen LogP contribution in [-0.4, -0.2) is 44.7 Å². The van der Waals surface area contributed by atoms with Gasteiger partial charge in [0.25, 0.3) is 0 Å². The van der Waals surface area contributed by atoms with Crippen molar-refractivity contribution in [3.8, 4) is 0 Å². The van der Waals surface area contributed by atoms with E-state index in [2.05, 4.69) is 34.4 Å². The zero-order valence-electron chi connectivity index (χ0n) is 11.4. The van der Waals surface area contributed by atoms with Gasteiger partial charge in [-0.3, -0.25) is 4.90 Å². The lowest BCUT2D eigenvalue weighted by Gasteiger charge is -2.26. The molecule has 2 N–H and O–H groups in total. The summed E-state index contributed by atoms with van der Waals surface area (Å²) in [5.41, 5.74) is 5.86. The maximum absolute atomic E-state index is 5.86. The van der Waals surface area contributed by atoms with Crippen LogP contribution < -0.4 is 5.73 Å². The Bertz CT molecular complexity index is 359. The van der Waals surface area contributed by atoms with Crippen LogP contribution >= 0.6 is 0 Å². The predicted octanol–water partition coefficient (Wildman–Crippen LogP) is 0.642. The summed E-state index contributed by atoms with van der Waals surface area (Å²) in [4.78, 5) is 2.30. The number of aryl methyl sites for hydroxylation is 1. The highest BCUT2D eigenvalue weighted by atomic mass is 15.5. The van der Waals surface area contributed by atoms with Crippen molar-refractivity contribution in [3.63, 3.8) is 0 Å². The van der Waals surface area contributed by atoms with Crippen molar-refractivity contribution in [2.24, 2.45) is 11.7 Å². The van der Waals surface area contributed by atoms with Gasteiger partial charge in [0, 0.05) is 19.1 Å². The molecule has 2 rings (SSSR count). The lowest BCUT2D eigenvalue weighted by molar-refractivity contribution is 0.207. The van der Waals surface area contributed by atoms with E-state index in [0.29, 0.717) is 6.04 Å². The van der Waals surface area contributed by atoms with Crippen LogP contribution in [0.5, 0.6) is 0 Å². The third-order valence-corrected chi connectivity index (χ3v) is 3.69. The highest BCUT2D eigenvalue weighted by Crippen LogP contribution is 2.34. The number of rotatable bonds is 8. The second-order valence-electron chi connectivity index (χ2n) is 5.23. The Kier molecular flexibility index (Phi) is 4.66. The molecule has 0 aliphatic heterocycles. The van der Waals surface area contributed by atoms with E-state index in [1.165, 1.54) is 12.8 Å². The molecule has 1 aromatic heterocycles. The first-order chi connectivity index (χ1) is 8.76. The molecule has 1 heterocycles. The number of hydrogen-bond donors (Lipinski definition) is 1.